The van der Waals surface area contributed by atoms with Crippen molar-refractivity contribution in [2.75, 3.05) is 6.54 Å². The number of carbonyl (C=O) groups excluding carboxylic acids is 1. The van der Waals surface area contributed by atoms with E-state index >= 15 is 0 Å². The minimum atomic E-state index is -0.746. The normalized spacial score (nSPS) is 12.9. The van der Waals surface area contributed by atoms with Crippen LogP contribution in [-0.4, -0.2) is 29.3 Å². The molecule has 0 aliphatic rings. The largest absolute Gasteiger partial charge is 0.491 e. The molecule has 1 aromatic rings. The first-order valence-electron chi connectivity index (χ1n) is 7.18. The molecule has 0 heterocycles. The Labute approximate surface area is 126 Å². The minimum absolute atomic E-state index is 0.114. The molecule has 5 heteroatoms. The van der Waals surface area contributed by atoms with Gasteiger partial charge >= 0.3 is 6.03 Å². The summed E-state index contributed by atoms with van der Waals surface area (Å²) in [4.78, 5) is 11.6. The lowest BCUT2D eigenvalue weighted by Crippen LogP contribution is -2.47. The van der Waals surface area contributed by atoms with Gasteiger partial charge in [-0.1, -0.05) is 12.1 Å². The van der Waals surface area contributed by atoms with Gasteiger partial charge in [-0.05, 0) is 52.3 Å². The lowest BCUT2D eigenvalue weighted by molar-refractivity contribution is 0.171. The van der Waals surface area contributed by atoms with Gasteiger partial charge in [0.05, 0.1) is 12.2 Å². The highest BCUT2D eigenvalue weighted by molar-refractivity contribution is 5.74. The average molecular weight is 294 g/mol. The zero-order valence-corrected chi connectivity index (χ0v) is 13.4. The van der Waals surface area contributed by atoms with Gasteiger partial charge in [0.15, 0.2) is 0 Å². The molecule has 21 heavy (non-hydrogen) atoms. The van der Waals surface area contributed by atoms with Crippen molar-refractivity contribution in [1.29, 1.82) is 0 Å². The third-order valence-electron chi connectivity index (χ3n) is 2.58. The third-order valence-corrected chi connectivity index (χ3v) is 2.58. The molecule has 0 aliphatic heterocycles. The topological polar surface area (TPSA) is 70.6 Å². The Kier molecular flexibility index (Phi) is 6.03. The molecule has 0 spiro atoms. The zero-order chi connectivity index (χ0) is 16.0. The number of aliphatic hydroxyl groups excluding tert-OH is 1. The summed E-state index contributed by atoms with van der Waals surface area (Å²) >= 11 is 0. The van der Waals surface area contributed by atoms with Crippen LogP contribution in [0.15, 0.2) is 24.3 Å². The molecular weight excluding hydrogens is 268 g/mol. The van der Waals surface area contributed by atoms with E-state index in [1.54, 1.807) is 12.1 Å². The molecule has 0 aliphatic carbocycles. The monoisotopic (exact) mass is 294 g/mol. The van der Waals surface area contributed by atoms with E-state index in [9.17, 15) is 9.90 Å². The van der Waals surface area contributed by atoms with Gasteiger partial charge in [-0.3, -0.25) is 0 Å². The van der Waals surface area contributed by atoms with Crippen LogP contribution in [0.4, 0.5) is 4.79 Å². The van der Waals surface area contributed by atoms with E-state index in [-0.39, 0.29) is 24.2 Å². The van der Waals surface area contributed by atoms with Crippen LogP contribution in [0.25, 0.3) is 0 Å². The van der Waals surface area contributed by atoms with E-state index < -0.39 is 6.10 Å². The van der Waals surface area contributed by atoms with Crippen molar-refractivity contribution >= 4 is 6.03 Å². The number of amides is 2. The number of hydrogen-bond donors (Lipinski definition) is 3. The van der Waals surface area contributed by atoms with Crippen LogP contribution in [0.5, 0.6) is 5.75 Å². The zero-order valence-electron chi connectivity index (χ0n) is 13.4. The minimum Gasteiger partial charge on any atom is -0.491 e. The van der Waals surface area contributed by atoms with Crippen molar-refractivity contribution < 1.29 is 14.6 Å². The Morgan fingerprint density at radius 3 is 2.29 bits per heavy atom. The van der Waals surface area contributed by atoms with Crippen LogP contribution >= 0.6 is 0 Å². The van der Waals surface area contributed by atoms with Crippen molar-refractivity contribution in [3.63, 3.8) is 0 Å². The fraction of sp³-hybridized carbons (Fsp3) is 0.562. The Morgan fingerprint density at radius 2 is 1.81 bits per heavy atom. The van der Waals surface area contributed by atoms with Crippen LogP contribution < -0.4 is 15.4 Å². The summed E-state index contributed by atoms with van der Waals surface area (Å²) in [5, 5.41) is 15.5. The fourth-order valence-electron chi connectivity index (χ4n) is 1.73. The highest BCUT2D eigenvalue weighted by atomic mass is 16.5. The van der Waals surface area contributed by atoms with Gasteiger partial charge in [-0.15, -0.1) is 0 Å². The molecular formula is C16H26N2O3. The highest BCUT2D eigenvalue weighted by Gasteiger charge is 2.15. The van der Waals surface area contributed by atoms with E-state index in [0.29, 0.717) is 0 Å². The Hall–Kier alpha value is -1.75. The lowest BCUT2D eigenvalue weighted by atomic mass is 10.1. The number of hydrogen-bond acceptors (Lipinski definition) is 3. The van der Waals surface area contributed by atoms with Gasteiger partial charge in [0.1, 0.15) is 5.75 Å². The molecule has 118 valence electrons. The van der Waals surface area contributed by atoms with Gasteiger partial charge in [-0.25, -0.2) is 4.79 Å². The number of carbonyl (C=O) groups is 1. The van der Waals surface area contributed by atoms with Gasteiger partial charge < -0.3 is 20.5 Å². The standard InChI is InChI=1S/C16H26N2O3/c1-11(2)21-13-8-6-12(7-9-13)14(19)10-17-15(20)18-16(3,4)5/h6-9,11,14,19H,10H2,1-5H3,(H2,17,18,20). The predicted molar refractivity (Wildman–Crippen MR) is 83.5 cm³/mol. The molecule has 3 N–H and O–H groups in total. The Bertz CT molecular complexity index is 450. The summed E-state index contributed by atoms with van der Waals surface area (Å²) in [6, 6.07) is 6.93. The number of rotatable bonds is 5. The van der Waals surface area contributed by atoms with Gasteiger partial charge in [-0.2, -0.15) is 0 Å². The summed E-state index contributed by atoms with van der Waals surface area (Å²) in [6.07, 6.45) is -0.632. The first-order chi connectivity index (χ1) is 9.67. The first-order valence-corrected chi connectivity index (χ1v) is 7.18. The molecule has 0 aromatic heterocycles. The molecule has 0 fully saturated rings. The molecule has 5 nitrogen and oxygen atoms in total. The summed E-state index contributed by atoms with van der Waals surface area (Å²) < 4.78 is 5.54. The van der Waals surface area contributed by atoms with E-state index in [4.69, 9.17) is 4.74 Å². The van der Waals surface area contributed by atoms with Gasteiger partial charge in [0.25, 0.3) is 0 Å². The second-order valence-corrected chi connectivity index (χ2v) is 6.34. The number of urea groups is 1. The molecule has 0 saturated heterocycles. The number of ether oxygens (including phenoxy) is 1. The van der Waals surface area contributed by atoms with Gasteiger partial charge in [0, 0.05) is 12.1 Å². The van der Waals surface area contributed by atoms with E-state index in [0.717, 1.165) is 11.3 Å². The molecule has 1 rings (SSSR count). The summed E-state index contributed by atoms with van der Waals surface area (Å²) in [5.41, 5.74) is 0.437. The van der Waals surface area contributed by atoms with Crippen molar-refractivity contribution in [2.24, 2.45) is 0 Å². The van der Waals surface area contributed by atoms with Crippen molar-refractivity contribution in [3.8, 4) is 5.75 Å². The van der Waals surface area contributed by atoms with Crippen LogP contribution in [0.2, 0.25) is 0 Å². The SMILES string of the molecule is CC(C)Oc1ccc(C(O)CNC(=O)NC(C)(C)C)cc1. The summed E-state index contributed by atoms with van der Waals surface area (Å²) in [6.45, 7) is 9.77. The molecule has 0 saturated carbocycles. The van der Waals surface area contributed by atoms with Crippen molar-refractivity contribution in [1.82, 2.24) is 10.6 Å². The van der Waals surface area contributed by atoms with Crippen LogP contribution in [0.1, 0.15) is 46.3 Å². The predicted octanol–water partition coefficient (Wildman–Crippen LogP) is 2.60. The molecule has 1 aromatic carbocycles. The molecule has 1 atom stereocenters. The van der Waals surface area contributed by atoms with Gasteiger partial charge in [0.2, 0.25) is 0 Å². The maximum absolute atomic E-state index is 11.6. The molecule has 0 bridgehead atoms. The Morgan fingerprint density at radius 1 is 1.24 bits per heavy atom. The maximum Gasteiger partial charge on any atom is 0.315 e. The number of aliphatic hydroxyl groups is 1. The smallest absolute Gasteiger partial charge is 0.315 e. The number of nitrogens with one attached hydrogen (secondary N) is 2. The van der Waals surface area contributed by atoms with E-state index in [1.807, 2.05) is 46.8 Å². The maximum atomic E-state index is 11.6. The lowest BCUT2D eigenvalue weighted by Gasteiger charge is -2.21. The molecule has 0 radical (unpaired) electrons. The van der Waals surface area contributed by atoms with Crippen LogP contribution in [0, 0.1) is 0 Å². The third kappa shape index (κ3) is 6.99. The molecule has 1 unspecified atom stereocenters. The molecule has 2 amide bonds. The second kappa shape index (κ2) is 7.31. The van der Waals surface area contributed by atoms with E-state index in [2.05, 4.69) is 10.6 Å². The summed E-state index contributed by atoms with van der Waals surface area (Å²) in [7, 11) is 0. The highest BCUT2D eigenvalue weighted by Crippen LogP contribution is 2.18. The van der Waals surface area contributed by atoms with Crippen LogP contribution in [0.3, 0.4) is 0 Å². The first kappa shape index (κ1) is 17.3. The summed E-state index contributed by atoms with van der Waals surface area (Å²) in [5.74, 6) is 0.763. The van der Waals surface area contributed by atoms with Crippen molar-refractivity contribution in [3.05, 3.63) is 29.8 Å². The average Bonchev–Trinajstić information content (AvgIpc) is 2.34. The van der Waals surface area contributed by atoms with E-state index in [1.165, 1.54) is 0 Å². The Balaban J connectivity index is 2.48. The second-order valence-electron chi connectivity index (χ2n) is 6.34. The number of benzene rings is 1. The quantitative estimate of drug-likeness (QED) is 0.781. The van der Waals surface area contributed by atoms with Crippen LogP contribution in [-0.2, 0) is 0 Å². The van der Waals surface area contributed by atoms with Crippen molar-refractivity contribution in [2.45, 2.75) is 52.4 Å². The fourth-order valence-corrected chi connectivity index (χ4v) is 1.73.